The molecule has 0 amide bonds. The molecule has 0 spiro atoms. The Morgan fingerprint density at radius 3 is 2.58 bits per heavy atom. The van der Waals surface area contributed by atoms with Crippen molar-refractivity contribution in [1.29, 1.82) is 5.26 Å². The van der Waals surface area contributed by atoms with Crippen molar-refractivity contribution >= 4 is 20.7 Å². The number of aromatic amines is 1. The van der Waals surface area contributed by atoms with Gasteiger partial charge in [-0.2, -0.15) is 5.26 Å². The molecule has 2 N–H and O–H groups in total. The molecule has 1 aliphatic rings. The molecule has 31 heavy (non-hydrogen) atoms. The Morgan fingerprint density at radius 2 is 2.06 bits per heavy atom. The van der Waals surface area contributed by atoms with E-state index in [2.05, 4.69) is 15.7 Å². The summed E-state index contributed by atoms with van der Waals surface area (Å²) in [6.07, 6.45) is -0.939. The van der Waals surface area contributed by atoms with Crippen LogP contribution in [0.4, 0.5) is 0 Å². The highest BCUT2D eigenvalue weighted by Crippen LogP contribution is 2.50. The number of methoxy groups -OCH3 is 1. The van der Waals surface area contributed by atoms with E-state index in [1.54, 1.807) is 4.57 Å². The molecule has 1 unspecified atom stereocenters. The van der Waals surface area contributed by atoms with Gasteiger partial charge in [-0.3, -0.25) is 14.3 Å². The molecule has 12 heteroatoms. The van der Waals surface area contributed by atoms with Crippen molar-refractivity contribution < 1.29 is 23.6 Å². The molecule has 174 valence electrons. The van der Waals surface area contributed by atoms with Crippen molar-refractivity contribution in [3.63, 3.8) is 0 Å². The lowest BCUT2D eigenvalue weighted by Crippen LogP contribution is -2.40. The summed E-state index contributed by atoms with van der Waals surface area (Å²) in [6, 6.07) is 3.65. The number of hydrogen-bond donors (Lipinski definition) is 2. The first-order valence-corrected chi connectivity index (χ1v) is 11.6. The highest BCUT2D eigenvalue weighted by molar-refractivity contribution is 7.71. The number of hydrogen-bond acceptors (Lipinski definition) is 9. The summed E-state index contributed by atoms with van der Waals surface area (Å²) in [5, 5.41) is 18.9. The molecule has 0 radical (unpaired) electrons. The fourth-order valence-electron chi connectivity index (χ4n) is 3.48. The molecule has 0 aromatic carbocycles. The third-order valence-electron chi connectivity index (χ3n) is 4.74. The molecule has 2 heterocycles. The summed E-state index contributed by atoms with van der Waals surface area (Å²) in [7, 11) is -0.0513. The second-order valence-electron chi connectivity index (χ2n) is 7.58. The number of rotatable bonds is 11. The fourth-order valence-corrected chi connectivity index (χ4v) is 5.52. The Kier molecular flexibility index (Phi) is 10.2. The number of H-pyrrole nitrogens is 1. The number of ether oxygens (including phenoxy) is 2. The van der Waals surface area contributed by atoms with Crippen LogP contribution in [0.25, 0.3) is 0 Å². The van der Waals surface area contributed by atoms with Crippen LogP contribution in [0.15, 0.2) is 17.1 Å². The van der Waals surface area contributed by atoms with Gasteiger partial charge in [-0.15, -0.1) is 0 Å². The summed E-state index contributed by atoms with van der Waals surface area (Å²) in [5.74, 6) is 0. The predicted molar refractivity (Wildman–Crippen MR) is 118 cm³/mol. The van der Waals surface area contributed by atoms with Gasteiger partial charge in [-0.25, -0.2) is 4.67 Å². The third kappa shape index (κ3) is 6.40. The lowest BCUT2D eigenvalue weighted by atomic mass is 10.1. The van der Waals surface area contributed by atoms with Gasteiger partial charge in [0.1, 0.15) is 18.3 Å². The van der Waals surface area contributed by atoms with Crippen molar-refractivity contribution in [2.24, 2.45) is 0 Å². The average Bonchev–Trinajstić information content (AvgIpc) is 3.04. The normalized spacial score (nSPS) is 24.8. The van der Waals surface area contributed by atoms with Crippen molar-refractivity contribution in [2.45, 2.75) is 70.7 Å². The first-order valence-electron chi connectivity index (χ1n) is 10.1. The highest BCUT2D eigenvalue weighted by Gasteiger charge is 2.49. The topological polar surface area (TPSA) is 122 Å². The standard InChI is InChI=1S/C19H31N4O6PS/c1-12(2)23(13(3)4)30(27-10-6-8-20)29-16-14(11-24)28-18(17(16)26-5)22-9-7-15(25)21-19(22)31/h7,9,12-14,16-18,24H,6,10-11H2,1-5H3,(H,21,25,31)/t14-,16-,17-,18-,30?/m1/s1. The Hall–Kier alpha value is -1.22. The molecule has 5 atom stereocenters. The van der Waals surface area contributed by atoms with Crippen LogP contribution >= 0.6 is 20.7 Å². The number of aromatic nitrogens is 2. The smallest absolute Gasteiger partial charge is 0.259 e. The molecule has 1 saturated heterocycles. The summed E-state index contributed by atoms with van der Waals surface area (Å²) in [6.45, 7) is 8.08. The minimum atomic E-state index is -1.57. The number of aliphatic hydroxyl groups excluding tert-OH is 1. The first kappa shape index (κ1) is 26.0. The van der Waals surface area contributed by atoms with Gasteiger partial charge >= 0.3 is 0 Å². The second kappa shape index (κ2) is 12.1. The summed E-state index contributed by atoms with van der Waals surface area (Å²) >= 11 is 5.27. The molecule has 2 rings (SSSR count). The van der Waals surface area contributed by atoms with E-state index in [0.717, 1.165) is 0 Å². The maximum Gasteiger partial charge on any atom is 0.259 e. The van der Waals surface area contributed by atoms with Crippen LogP contribution in [0, 0.1) is 16.1 Å². The number of nitrogens with zero attached hydrogens (tertiary/aromatic N) is 3. The van der Waals surface area contributed by atoms with Crippen LogP contribution < -0.4 is 5.56 Å². The van der Waals surface area contributed by atoms with Crippen molar-refractivity contribution in [2.75, 3.05) is 20.3 Å². The molecular formula is C19H31N4O6PS. The number of nitrogens with one attached hydrogen (secondary N) is 1. The maximum atomic E-state index is 11.6. The Morgan fingerprint density at radius 1 is 1.39 bits per heavy atom. The average molecular weight is 475 g/mol. The quantitative estimate of drug-likeness (QED) is 0.283. The zero-order chi connectivity index (χ0) is 23.1. The van der Waals surface area contributed by atoms with Gasteiger partial charge in [0.2, 0.25) is 0 Å². The molecule has 1 aliphatic heterocycles. The predicted octanol–water partition coefficient (Wildman–Crippen LogP) is 2.47. The monoisotopic (exact) mass is 474 g/mol. The van der Waals surface area contributed by atoms with E-state index in [1.807, 2.05) is 27.7 Å². The van der Waals surface area contributed by atoms with E-state index < -0.39 is 33.1 Å². The minimum Gasteiger partial charge on any atom is -0.394 e. The zero-order valence-electron chi connectivity index (χ0n) is 18.4. The molecule has 0 bridgehead atoms. The van der Waals surface area contributed by atoms with Gasteiger partial charge in [-0.1, -0.05) is 0 Å². The lowest BCUT2D eigenvalue weighted by Gasteiger charge is -2.38. The molecule has 0 aliphatic carbocycles. The van der Waals surface area contributed by atoms with E-state index in [-0.39, 0.29) is 42.0 Å². The van der Waals surface area contributed by atoms with Gasteiger partial charge < -0.3 is 23.6 Å². The molecule has 1 aromatic rings. The minimum absolute atomic E-state index is 0.118. The largest absolute Gasteiger partial charge is 0.394 e. The molecular weight excluding hydrogens is 443 g/mol. The molecule has 10 nitrogen and oxygen atoms in total. The van der Waals surface area contributed by atoms with E-state index in [4.69, 9.17) is 36.0 Å². The van der Waals surface area contributed by atoms with Gasteiger partial charge in [-0.05, 0) is 39.9 Å². The van der Waals surface area contributed by atoms with Gasteiger partial charge in [0.05, 0.1) is 25.7 Å². The molecule has 1 fully saturated rings. The van der Waals surface area contributed by atoms with Crippen LogP contribution in [-0.2, 0) is 18.5 Å². The van der Waals surface area contributed by atoms with Crippen molar-refractivity contribution in [1.82, 2.24) is 14.2 Å². The second-order valence-corrected chi connectivity index (χ2v) is 9.38. The summed E-state index contributed by atoms with van der Waals surface area (Å²) in [5.41, 5.74) is -0.321. The van der Waals surface area contributed by atoms with Gasteiger partial charge in [0.25, 0.3) is 14.1 Å². The van der Waals surface area contributed by atoms with E-state index >= 15 is 0 Å². The maximum absolute atomic E-state index is 11.6. The molecule has 0 saturated carbocycles. The SMILES string of the molecule is CO[C@@H]1[C@H](OP(OCCC#N)N(C(C)C)C(C)C)[C@@H](CO)O[C@H]1n1ccc(=O)[nH]c1=S. The fraction of sp³-hybridized carbons (Fsp3) is 0.737. The van der Waals surface area contributed by atoms with Gasteiger partial charge in [0, 0.05) is 31.5 Å². The number of aliphatic hydroxyl groups is 1. The summed E-state index contributed by atoms with van der Waals surface area (Å²) in [4.78, 5) is 14.1. The number of nitriles is 1. The van der Waals surface area contributed by atoms with E-state index in [9.17, 15) is 9.90 Å². The van der Waals surface area contributed by atoms with Crippen LogP contribution in [0.2, 0.25) is 0 Å². The Balaban J connectivity index is 2.35. The van der Waals surface area contributed by atoms with Crippen molar-refractivity contribution in [3.05, 3.63) is 27.4 Å². The Bertz CT molecular complexity index is 849. The van der Waals surface area contributed by atoms with E-state index in [1.165, 1.54) is 19.4 Å². The van der Waals surface area contributed by atoms with Crippen LogP contribution in [0.5, 0.6) is 0 Å². The van der Waals surface area contributed by atoms with E-state index in [0.29, 0.717) is 0 Å². The van der Waals surface area contributed by atoms with Crippen LogP contribution in [-0.4, -0.2) is 70.0 Å². The first-order chi connectivity index (χ1) is 14.7. The lowest BCUT2D eigenvalue weighted by molar-refractivity contribution is -0.0616. The van der Waals surface area contributed by atoms with Crippen LogP contribution in [0.1, 0.15) is 40.3 Å². The Labute approximate surface area is 188 Å². The highest BCUT2D eigenvalue weighted by atomic mass is 32.1. The van der Waals surface area contributed by atoms with Crippen LogP contribution in [0.3, 0.4) is 0 Å². The van der Waals surface area contributed by atoms with Gasteiger partial charge in [0.15, 0.2) is 11.0 Å². The zero-order valence-corrected chi connectivity index (χ0v) is 20.1. The third-order valence-corrected chi connectivity index (χ3v) is 7.18. The van der Waals surface area contributed by atoms with Crippen molar-refractivity contribution in [3.8, 4) is 6.07 Å². The molecule has 1 aromatic heterocycles. The summed E-state index contributed by atoms with van der Waals surface area (Å²) < 4.78 is 27.9.